The van der Waals surface area contributed by atoms with Gasteiger partial charge < -0.3 is 15.0 Å². The van der Waals surface area contributed by atoms with E-state index in [0.29, 0.717) is 0 Å². The standard InChI is InChI=1S/C13H25N3O/c1-6-7-11(17-5)12-14-8-10(16-12)9-15-13(2,3)4/h8,11,15H,6-7,9H2,1-5H3,(H,14,16). The van der Waals surface area contributed by atoms with Crippen molar-refractivity contribution < 1.29 is 4.74 Å². The van der Waals surface area contributed by atoms with Crippen molar-refractivity contribution in [1.82, 2.24) is 15.3 Å². The molecule has 2 N–H and O–H groups in total. The quantitative estimate of drug-likeness (QED) is 0.802. The molecule has 0 spiro atoms. The fourth-order valence-electron chi connectivity index (χ4n) is 1.62. The second kappa shape index (κ2) is 6.17. The Labute approximate surface area is 104 Å². The maximum Gasteiger partial charge on any atom is 0.135 e. The van der Waals surface area contributed by atoms with Crippen LogP contribution in [0.4, 0.5) is 0 Å². The van der Waals surface area contributed by atoms with Crippen LogP contribution in [-0.4, -0.2) is 22.6 Å². The Morgan fingerprint density at radius 2 is 2.18 bits per heavy atom. The molecule has 0 aliphatic rings. The van der Waals surface area contributed by atoms with Crippen LogP contribution in [0.1, 0.15) is 58.2 Å². The molecule has 0 aromatic carbocycles. The lowest BCUT2D eigenvalue weighted by Gasteiger charge is -2.19. The van der Waals surface area contributed by atoms with E-state index in [9.17, 15) is 0 Å². The molecule has 0 radical (unpaired) electrons. The molecule has 17 heavy (non-hydrogen) atoms. The maximum absolute atomic E-state index is 5.42. The fourth-order valence-corrected chi connectivity index (χ4v) is 1.62. The number of methoxy groups -OCH3 is 1. The third kappa shape index (κ3) is 4.88. The van der Waals surface area contributed by atoms with Gasteiger partial charge in [0.2, 0.25) is 0 Å². The smallest absolute Gasteiger partial charge is 0.135 e. The van der Waals surface area contributed by atoms with Crippen LogP contribution in [0.15, 0.2) is 6.20 Å². The summed E-state index contributed by atoms with van der Waals surface area (Å²) in [5.41, 5.74) is 1.23. The zero-order valence-corrected chi connectivity index (χ0v) is 11.6. The van der Waals surface area contributed by atoms with Crippen LogP contribution in [0.3, 0.4) is 0 Å². The van der Waals surface area contributed by atoms with E-state index in [4.69, 9.17) is 4.74 Å². The number of ether oxygens (including phenoxy) is 1. The molecule has 1 atom stereocenters. The topological polar surface area (TPSA) is 49.9 Å². The summed E-state index contributed by atoms with van der Waals surface area (Å²) in [6.45, 7) is 9.41. The molecule has 0 aliphatic heterocycles. The number of hydrogen-bond donors (Lipinski definition) is 2. The first-order chi connectivity index (χ1) is 7.96. The van der Waals surface area contributed by atoms with Crippen molar-refractivity contribution in [1.29, 1.82) is 0 Å². The van der Waals surface area contributed by atoms with Crippen molar-refractivity contribution in [3.63, 3.8) is 0 Å². The van der Waals surface area contributed by atoms with E-state index in [2.05, 4.69) is 43.0 Å². The first-order valence-corrected chi connectivity index (χ1v) is 6.28. The minimum absolute atomic E-state index is 0.0865. The Morgan fingerprint density at radius 1 is 1.47 bits per heavy atom. The molecule has 1 unspecified atom stereocenters. The highest BCUT2D eigenvalue weighted by Gasteiger charge is 2.14. The number of imidazole rings is 1. The van der Waals surface area contributed by atoms with Crippen molar-refractivity contribution in [2.75, 3.05) is 7.11 Å². The number of aromatic amines is 1. The van der Waals surface area contributed by atoms with Crippen LogP contribution in [0.5, 0.6) is 0 Å². The summed E-state index contributed by atoms with van der Waals surface area (Å²) in [5.74, 6) is 0.931. The second-order valence-electron chi connectivity index (χ2n) is 5.41. The molecule has 1 aromatic rings. The van der Waals surface area contributed by atoms with Crippen molar-refractivity contribution in [2.45, 2.75) is 58.7 Å². The average Bonchev–Trinajstić information content (AvgIpc) is 2.70. The van der Waals surface area contributed by atoms with Gasteiger partial charge in [0, 0.05) is 31.1 Å². The summed E-state index contributed by atoms with van der Waals surface area (Å²) in [6, 6.07) is 0. The molecular formula is C13H25N3O. The van der Waals surface area contributed by atoms with Crippen LogP contribution in [-0.2, 0) is 11.3 Å². The number of nitrogens with zero attached hydrogens (tertiary/aromatic N) is 1. The summed E-state index contributed by atoms with van der Waals surface area (Å²) in [5, 5.41) is 3.43. The summed E-state index contributed by atoms with van der Waals surface area (Å²) < 4.78 is 5.42. The predicted octanol–water partition coefficient (Wildman–Crippen LogP) is 2.79. The van der Waals surface area contributed by atoms with Gasteiger partial charge in [0.25, 0.3) is 0 Å². The van der Waals surface area contributed by atoms with E-state index in [0.717, 1.165) is 30.9 Å². The van der Waals surface area contributed by atoms with Crippen molar-refractivity contribution in [3.05, 3.63) is 17.7 Å². The van der Waals surface area contributed by atoms with Crippen LogP contribution in [0.25, 0.3) is 0 Å². The summed E-state index contributed by atoms with van der Waals surface area (Å²) in [7, 11) is 1.73. The van der Waals surface area contributed by atoms with Crippen LogP contribution < -0.4 is 5.32 Å². The van der Waals surface area contributed by atoms with E-state index in [1.807, 2.05) is 6.20 Å². The van der Waals surface area contributed by atoms with Crippen LogP contribution in [0.2, 0.25) is 0 Å². The van der Waals surface area contributed by atoms with Gasteiger partial charge in [-0.15, -0.1) is 0 Å². The maximum atomic E-state index is 5.42. The lowest BCUT2D eigenvalue weighted by Crippen LogP contribution is -2.35. The van der Waals surface area contributed by atoms with Crippen molar-refractivity contribution in [2.24, 2.45) is 0 Å². The van der Waals surface area contributed by atoms with Gasteiger partial charge in [0.05, 0.1) is 0 Å². The van der Waals surface area contributed by atoms with Gasteiger partial charge in [0.1, 0.15) is 11.9 Å². The average molecular weight is 239 g/mol. The molecule has 4 nitrogen and oxygen atoms in total. The highest BCUT2D eigenvalue weighted by Crippen LogP contribution is 2.18. The number of H-pyrrole nitrogens is 1. The number of rotatable bonds is 6. The highest BCUT2D eigenvalue weighted by molar-refractivity contribution is 5.04. The highest BCUT2D eigenvalue weighted by atomic mass is 16.5. The van der Waals surface area contributed by atoms with Gasteiger partial charge in [0.15, 0.2) is 0 Å². The Balaban J connectivity index is 2.58. The summed E-state index contributed by atoms with van der Waals surface area (Å²) in [4.78, 5) is 7.71. The Bertz CT molecular complexity index is 328. The lowest BCUT2D eigenvalue weighted by molar-refractivity contribution is 0.0882. The Hall–Kier alpha value is -0.870. The summed E-state index contributed by atoms with van der Waals surface area (Å²) in [6.07, 6.45) is 4.06. The monoisotopic (exact) mass is 239 g/mol. The Morgan fingerprint density at radius 3 is 2.71 bits per heavy atom. The lowest BCUT2D eigenvalue weighted by atomic mass is 10.1. The third-order valence-electron chi connectivity index (χ3n) is 2.60. The number of hydrogen-bond acceptors (Lipinski definition) is 3. The molecule has 4 heteroatoms. The number of aromatic nitrogens is 2. The van der Waals surface area contributed by atoms with Gasteiger partial charge >= 0.3 is 0 Å². The summed E-state index contributed by atoms with van der Waals surface area (Å²) >= 11 is 0. The minimum Gasteiger partial charge on any atom is -0.374 e. The van der Waals surface area contributed by atoms with Crippen molar-refractivity contribution >= 4 is 0 Å². The molecule has 0 bridgehead atoms. The molecular weight excluding hydrogens is 214 g/mol. The largest absolute Gasteiger partial charge is 0.374 e. The molecule has 1 heterocycles. The molecule has 98 valence electrons. The molecule has 0 amide bonds. The van der Waals surface area contributed by atoms with Crippen LogP contribution in [0, 0.1) is 0 Å². The fraction of sp³-hybridized carbons (Fsp3) is 0.769. The second-order valence-corrected chi connectivity index (χ2v) is 5.41. The van der Waals surface area contributed by atoms with E-state index in [1.165, 1.54) is 0 Å². The van der Waals surface area contributed by atoms with Gasteiger partial charge in [-0.05, 0) is 27.2 Å². The molecule has 1 rings (SSSR count). The zero-order chi connectivity index (χ0) is 12.9. The minimum atomic E-state index is 0.0865. The van der Waals surface area contributed by atoms with E-state index in [1.54, 1.807) is 7.11 Å². The third-order valence-corrected chi connectivity index (χ3v) is 2.60. The van der Waals surface area contributed by atoms with Gasteiger partial charge in [-0.1, -0.05) is 13.3 Å². The molecule has 0 saturated heterocycles. The molecule has 0 fully saturated rings. The van der Waals surface area contributed by atoms with E-state index >= 15 is 0 Å². The van der Waals surface area contributed by atoms with Gasteiger partial charge in [-0.3, -0.25) is 0 Å². The van der Waals surface area contributed by atoms with Gasteiger partial charge in [-0.2, -0.15) is 0 Å². The SMILES string of the molecule is CCCC(OC)c1ncc(CNC(C)(C)C)[nH]1. The molecule has 0 aliphatic carbocycles. The normalized spacial score (nSPS) is 13.9. The first kappa shape index (κ1) is 14.2. The first-order valence-electron chi connectivity index (χ1n) is 6.28. The molecule has 1 aromatic heterocycles. The number of nitrogens with one attached hydrogen (secondary N) is 2. The zero-order valence-electron chi connectivity index (χ0n) is 11.6. The van der Waals surface area contributed by atoms with Crippen molar-refractivity contribution in [3.8, 4) is 0 Å². The molecule has 0 saturated carbocycles. The van der Waals surface area contributed by atoms with E-state index < -0.39 is 0 Å². The van der Waals surface area contributed by atoms with Crippen LogP contribution >= 0.6 is 0 Å². The van der Waals surface area contributed by atoms with E-state index in [-0.39, 0.29) is 11.6 Å². The predicted molar refractivity (Wildman–Crippen MR) is 69.8 cm³/mol. The van der Waals surface area contributed by atoms with Gasteiger partial charge in [-0.25, -0.2) is 4.98 Å². The Kier molecular flexibility index (Phi) is 5.15.